The molecule has 35 heavy (non-hydrogen) atoms. The molecule has 0 bridgehead atoms. The lowest BCUT2D eigenvalue weighted by Gasteiger charge is -2.14. The zero-order chi connectivity index (χ0) is 24.9. The van der Waals surface area contributed by atoms with Crippen LogP contribution < -0.4 is 10.1 Å². The van der Waals surface area contributed by atoms with E-state index >= 15 is 0 Å². The molecule has 1 aliphatic heterocycles. The number of carbonyl (C=O) groups excluding carboxylic acids is 3. The molecule has 10 heteroatoms. The first kappa shape index (κ1) is 25.0. The van der Waals surface area contributed by atoms with Gasteiger partial charge in [-0.15, -0.1) is 0 Å². The summed E-state index contributed by atoms with van der Waals surface area (Å²) in [6.45, 7) is -0.445. The average molecular weight is 576 g/mol. The molecule has 0 unspecified atom stereocenters. The minimum absolute atomic E-state index is 0.0817. The van der Waals surface area contributed by atoms with Gasteiger partial charge in [0.2, 0.25) is 0 Å². The Morgan fingerprint density at radius 2 is 1.89 bits per heavy atom. The maximum absolute atomic E-state index is 14.1. The van der Waals surface area contributed by atoms with Crippen LogP contribution in [0.2, 0.25) is 5.02 Å². The highest BCUT2D eigenvalue weighted by atomic mass is 79.9. The summed E-state index contributed by atoms with van der Waals surface area (Å²) in [6.07, 6.45) is 1.56. The Morgan fingerprint density at radius 3 is 2.60 bits per heavy atom. The standard InChI is InChI=1S/C25H17BrClFN2O4S/c26-18-11-15(9-10-21(18)34-14-23(31)29-16-5-2-1-3-6-16)12-22-24(32)30(25(33)35-22)13-17-19(27)7-4-8-20(17)28/h1-12H,13-14H2,(H,29,31)/b22-12-. The summed E-state index contributed by atoms with van der Waals surface area (Å²) >= 11 is 10.2. The fourth-order valence-corrected chi connectivity index (χ4v) is 4.79. The number of rotatable bonds is 7. The molecule has 0 spiro atoms. The van der Waals surface area contributed by atoms with Crippen molar-refractivity contribution in [2.75, 3.05) is 11.9 Å². The molecule has 3 aromatic carbocycles. The molecule has 6 nitrogen and oxygen atoms in total. The van der Waals surface area contributed by atoms with Gasteiger partial charge in [-0.05, 0) is 75.7 Å². The normalized spacial score (nSPS) is 14.5. The van der Waals surface area contributed by atoms with E-state index in [1.807, 2.05) is 18.2 Å². The van der Waals surface area contributed by atoms with Crippen LogP contribution in [0.4, 0.5) is 14.9 Å². The van der Waals surface area contributed by atoms with Crippen LogP contribution >= 0.6 is 39.3 Å². The molecule has 1 heterocycles. The number of hydrogen-bond acceptors (Lipinski definition) is 5. The highest BCUT2D eigenvalue weighted by Crippen LogP contribution is 2.35. The number of ether oxygens (including phenoxy) is 1. The van der Waals surface area contributed by atoms with Gasteiger partial charge in [-0.1, -0.05) is 41.9 Å². The molecule has 0 atom stereocenters. The SMILES string of the molecule is O=C(COc1ccc(/C=C2\SC(=O)N(Cc3c(F)cccc3Cl)C2=O)cc1Br)Nc1ccccc1. The summed E-state index contributed by atoms with van der Waals surface area (Å²) in [5, 5.41) is 2.36. The Morgan fingerprint density at radius 1 is 1.11 bits per heavy atom. The van der Waals surface area contributed by atoms with E-state index in [-0.39, 0.29) is 34.6 Å². The monoisotopic (exact) mass is 574 g/mol. The highest BCUT2D eigenvalue weighted by Gasteiger charge is 2.35. The van der Waals surface area contributed by atoms with E-state index in [1.165, 1.54) is 18.2 Å². The molecule has 178 valence electrons. The van der Waals surface area contributed by atoms with Crippen molar-refractivity contribution in [2.24, 2.45) is 0 Å². The van der Waals surface area contributed by atoms with Gasteiger partial charge in [0.05, 0.1) is 15.9 Å². The van der Waals surface area contributed by atoms with Crippen molar-refractivity contribution in [3.05, 3.63) is 98.1 Å². The first-order chi connectivity index (χ1) is 16.8. The molecule has 0 aromatic heterocycles. The molecule has 4 rings (SSSR count). The molecule has 0 radical (unpaired) electrons. The van der Waals surface area contributed by atoms with Crippen LogP contribution in [0.5, 0.6) is 5.75 Å². The van der Waals surface area contributed by atoms with E-state index in [0.29, 0.717) is 21.5 Å². The molecule has 1 N–H and O–H groups in total. The smallest absolute Gasteiger partial charge is 0.293 e. The largest absolute Gasteiger partial charge is 0.483 e. The number of hydrogen-bond donors (Lipinski definition) is 1. The first-order valence-electron chi connectivity index (χ1n) is 10.3. The second kappa shape index (κ2) is 11.1. The van der Waals surface area contributed by atoms with Crippen molar-refractivity contribution in [2.45, 2.75) is 6.54 Å². The lowest BCUT2D eigenvalue weighted by molar-refractivity contribution is -0.123. The number of imide groups is 1. The summed E-state index contributed by atoms with van der Waals surface area (Å²) < 4.78 is 20.3. The molecule has 1 fully saturated rings. The molecular formula is C25H17BrClFN2O4S. The predicted molar refractivity (Wildman–Crippen MR) is 138 cm³/mol. The summed E-state index contributed by atoms with van der Waals surface area (Å²) in [4.78, 5) is 38.5. The third kappa shape index (κ3) is 6.11. The average Bonchev–Trinajstić information content (AvgIpc) is 3.08. The van der Waals surface area contributed by atoms with Crippen LogP contribution in [-0.4, -0.2) is 28.6 Å². The number of nitrogens with zero attached hydrogens (tertiary/aromatic N) is 1. The summed E-state index contributed by atoms with van der Waals surface area (Å²) in [6, 6.07) is 18.2. The number of benzene rings is 3. The van der Waals surface area contributed by atoms with Gasteiger partial charge >= 0.3 is 0 Å². The number of amides is 3. The van der Waals surface area contributed by atoms with E-state index in [2.05, 4.69) is 21.2 Å². The summed E-state index contributed by atoms with van der Waals surface area (Å²) in [5.74, 6) is -0.991. The second-order valence-electron chi connectivity index (χ2n) is 7.36. The molecule has 3 aromatic rings. The molecule has 1 saturated heterocycles. The number of thioether (sulfide) groups is 1. The van der Waals surface area contributed by atoms with Crippen molar-refractivity contribution < 1.29 is 23.5 Å². The minimum Gasteiger partial charge on any atom is -0.483 e. The van der Waals surface area contributed by atoms with Crippen molar-refractivity contribution in [1.82, 2.24) is 4.90 Å². The van der Waals surface area contributed by atoms with Gasteiger partial charge < -0.3 is 10.1 Å². The molecule has 1 aliphatic rings. The van der Waals surface area contributed by atoms with Crippen molar-refractivity contribution >= 4 is 68.1 Å². The van der Waals surface area contributed by atoms with Crippen LogP contribution in [0, 0.1) is 5.82 Å². The third-order valence-corrected chi connectivity index (χ3v) is 6.80. The summed E-state index contributed by atoms with van der Waals surface area (Å²) in [7, 11) is 0. The maximum atomic E-state index is 14.1. The van der Waals surface area contributed by atoms with Crippen LogP contribution in [0.1, 0.15) is 11.1 Å². The van der Waals surface area contributed by atoms with Crippen molar-refractivity contribution in [1.29, 1.82) is 0 Å². The van der Waals surface area contributed by atoms with Crippen molar-refractivity contribution in [3.63, 3.8) is 0 Å². The van der Waals surface area contributed by atoms with Gasteiger partial charge in [0, 0.05) is 16.3 Å². The van der Waals surface area contributed by atoms with Crippen LogP contribution in [0.3, 0.4) is 0 Å². The Bertz CT molecular complexity index is 1320. The van der Waals surface area contributed by atoms with Gasteiger partial charge in [0.1, 0.15) is 11.6 Å². The number of nitrogens with one attached hydrogen (secondary N) is 1. The maximum Gasteiger partial charge on any atom is 0.293 e. The fraction of sp³-hybridized carbons (Fsp3) is 0.0800. The van der Waals surface area contributed by atoms with Crippen LogP contribution in [0.25, 0.3) is 6.08 Å². The number of halogens is 3. The minimum atomic E-state index is -0.586. The topological polar surface area (TPSA) is 75.7 Å². The zero-order valence-corrected chi connectivity index (χ0v) is 21.1. The quantitative estimate of drug-likeness (QED) is 0.326. The Labute approximate surface area is 218 Å². The van der Waals surface area contributed by atoms with E-state index in [9.17, 15) is 18.8 Å². The molecule has 0 saturated carbocycles. The van der Waals surface area contributed by atoms with E-state index in [1.54, 1.807) is 36.4 Å². The van der Waals surface area contributed by atoms with Crippen molar-refractivity contribution in [3.8, 4) is 5.75 Å². The fourth-order valence-electron chi connectivity index (χ4n) is 3.21. The highest BCUT2D eigenvalue weighted by molar-refractivity contribution is 9.10. The third-order valence-electron chi connectivity index (χ3n) is 4.92. The number of para-hydroxylation sites is 1. The van der Waals surface area contributed by atoms with Crippen LogP contribution in [-0.2, 0) is 16.1 Å². The first-order valence-corrected chi connectivity index (χ1v) is 12.3. The Balaban J connectivity index is 1.41. The number of anilines is 1. The van der Waals surface area contributed by atoms with E-state index in [4.69, 9.17) is 16.3 Å². The van der Waals surface area contributed by atoms with E-state index < -0.39 is 17.0 Å². The second-order valence-corrected chi connectivity index (χ2v) is 9.62. The van der Waals surface area contributed by atoms with E-state index in [0.717, 1.165) is 16.7 Å². The van der Waals surface area contributed by atoms with Gasteiger partial charge in [-0.3, -0.25) is 19.3 Å². The Kier molecular flexibility index (Phi) is 7.90. The Hall–Kier alpha value is -3.14. The molecule has 0 aliphatic carbocycles. The lowest BCUT2D eigenvalue weighted by atomic mass is 10.2. The van der Waals surface area contributed by atoms with Gasteiger partial charge in [-0.2, -0.15) is 0 Å². The van der Waals surface area contributed by atoms with Gasteiger partial charge in [0.15, 0.2) is 6.61 Å². The molecule has 3 amide bonds. The van der Waals surface area contributed by atoms with Gasteiger partial charge in [-0.25, -0.2) is 4.39 Å². The zero-order valence-electron chi connectivity index (χ0n) is 18.0. The lowest BCUT2D eigenvalue weighted by Crippen LogP contribution is -2.28. The van der Waals surface area contributed by atoms with Crippen LogP contribution in [0.15, 0.2) is 76.1 Å². The molecular weight excluding hydrogens is 559 g/mol. The number of carbonyl (C=O) groups is 3. The predicted octanol–water partition coefficient (Wildman–Crippen LogP) is 6.50. The van der Waals surface area contributed by atoms with Gasteiger partial charge in [0.25, 0.3) is 17.1 Å². The summed E-state index contributed by atoms with van der Waals surface area (Å²) in [5.41, 5.74) is 1.38.